The minimum absolute atomic E-state index is 0.0681. The monoisotopic (exact) mass is 192 g/mol. The molecular weight excluding hydrogens is 176 g/mol. The van der Waals surface area contributed by atoms with Crippen LogP contribution in [0.5, 0.6) is 0 Å². The highest BCUT2D eigenvalue weighted by Gasteiger charge is 2.25. The number of carbonyl (C=O) groups excluding carboxylic acids is 1. The molecule has 76 valence electrons. The summed E-state index contributed by atoms with van der Waals surface area (Å²) in [6.07, 6.45) is 3.06. The first-order valence-electron chi connectivity index (χ1n) is 5.05. The van der Waals surface area contributed by atoms with Crippen LogP contribution in [0.3, 0.4) is 0 Å². The van der Waals surface area contributed by atoms with Crippen LogP contribution in [0.2, 0.25) is 0 Å². The lowest BCUT2D eigenvalue weighted by atomic mass is 9.95. The van der Waals surface area contributed by atoms with Crippen molar-refractivity contribution in [2.45, 2.75) is 45.6 Å². The Bertz CT molecular complexity index is 371. The zero-order chi connectivity index (χ0) is 10.3. The van der Waals surface area contributed by atoms with E-state index in [0.29, 0.717) is 18.6 Å². The van der Waals surface area contributed by atoms with Crippen molar-refractivity contribution in [2.75, 3.05) is 0 Å². The standard InChI is InChI=1S/C11H16N2O/c1-11(2,3)10-12-7-8-6-9(14)4-5-13(8)10/h7H,4-6H2,1-3H3. The molecule has 0 N–H and O–H groups in total. The Morgan fingerprint density at radius 2 is 2.14 bits per heavy atom. The molecule has 0 amide bonds. The Hall–Kier alpha value is -1.12. The molecule has 1 aromatic rings. The molecule has 2 heterocycles. The van der Waals surface area contributed by atoms with Gasteiger partial charge in [0.2, 0.25) is 0 Å². The average molecular weight is 192 g/mol. The van der Waals surface area contributed by atoms with Crippen molar-refractivity contribution in [1.82, 2.24) is 9.55 Å². The number of fused-ring (bicyclic) bond motifs is 1. The first kappa shape index (κ1) is 9.44. The SMILES string of the molecule is CC(C)(C)c1ncc2n1CCC(=O)C2. The van der Waals surface area contributed by atoms with Gasteiger partial charge in [-0.3, -0.25) is 4.79 Å². The van der Waals surface area contributed by atoms with Gasteiger partial charge in [-0.2, -0.15) is 0 Å². The van der Waals surface area contributed by atoms with Crippen LogP contribution in [0.1, 0.15) is 38.7 Å². The van der Waals surface area contributed by atoms with Gasteiger partial charge in [0.15, 0.2) is 0 Å². The number of nitrogens with zero attached hydrogens (tertiary/aromatic N) is 2. The number of aromatic nitrogens is 2. The number of imidazole rings is 1. The van der Waals surface area contributed by atoms with E-state index in [1.54, 1.807) is 0 Å². The minimum atomic E-state index is 0.0681. The summed E-state index contributed by atoms with van der Waals surface area (Å²) < 4.78 is 2.20. The van der Waals surface area contributed by atoms with Gasteiger partial charge in [-0.15, -0.1) is 0 Å². The molecule has 0 saturated carbocycles. The fourth-order valence-corrected chi connectivity index (χ4v) is 1.93. The minimum Gasteiger partial charge on any atom is -0.331 e. The summed E-state index contributed by atoms with van der Waals surface area (Å²) >= 11 is 0. The van der Waals surface area contributed by atoms with Crippen LogP contribution in [0.4, 0.5) is 0 Å². The Kier molecular flexibility index (Phi) is 1.98. The van der Waals surface area contributed by atoms with Gasteiger partial charge in [0.05, 0.1) is 0 Å². The Balaban J connectivity index is 2.43. The van der Waals surface area contributed by atoms with E-state index in [1.807, 2.05) is 6.20 Å². The molecule has 0 aromatic carbocycles. The summed E-state index contributed by atoms with van der Waals surface area (Å²) in [7, 11) is 0. The topological polar surface area (TPSA) is 34.9 Å². The van der Waals surface area contributed by atoms with Crippen LogP contribution in [0.25, 0.3) is 0 Å². The van der Waals surface area contributed by atoms with Gasteiger partial charge in [0, 0.05) is 36.7 Å². The maximum absolute atomic E-state index is 11.2. The lowest BCUT2D eigenvalue weighted by Crippen LogP contribution is -2.25. The Morgan fingerprint density at radius 3 is 2.79 bits per heavy atom. The molecule has 0 fully saturated rings. The van der Waals surface area contributed by atoms with Crippen molar-refractivity contribution in [2.24, 2.45) is 0 Å². The summed E-state index contributed by atoms with van der Waals surface area (Å²) in [5.74, 6) is 1.43. The molecule has 1 aliphatic heterocycles. The van der Waals surface area contributed by atoms with E-state index < -0.39 is 0 Å². The third-order valence-corrected chi connectivity index (χ3v) is 2.60. The molecule has 1 aromatic heterocycles. The number of carbonyl (C=O) groups is 1. The zero-order valence-electron chi connectivity index (χ0n) is 9.00. The molecule has 0 spiro atoms. The number of rotatable bonds is 0. The van der Waals surface area contributed by atoms with Crippen LogP contribution in [0, 0.1) is 0 Å². The van der Waals surface area contributed by atoms with Gasteiger partial charge in [-0.05, 0) is 0 Å². The number of hydrogen-bond donors (Lipinski definition) is 0. The van der Waals surface area contributed by atoms with Crippen LogP contribution in [-0.4, -0.2) is 15.3 Å². The smallest absolute Gasteiger partial charge is 0.140 e. The van der Waals surface area contributed by atoms with E-state index >= 15 is 0 Å². The number of hydrogen-bond acceptors (Lipinski definition) is 2. The number of ketones is 1. The van der Waals surface area contributed by atoms with E-state index in [1.165, 1.54) is 0 Å². The third-order valence-electron chi connectivity index (χ3n) is 2.60. The maximum Gasteiger partial charge on any atom is 0.140 e. The van der Waals surface area contributed by atoms with E-state index in [0.717, 1.165) is 18.1 Å². The first-order chi connectivity index (χ1) is 6.48. The van der Waals surface area contributed by atoms with Crippen molar-refractivity contribution in [3.63, 3.8) is 0 Å². The highest BCUT2D eigenvalue weighted by atomic mass is 16.1. The fourth-order valence-electron chi connectivity index (χ4n) is 1.93. The summed E-state index contributed by atoms with van der Waals surface area (Å²) in [5.41, 5.74) is 1.14. The van der Waals surface area contributed by atoms with Crippen molar-refractivity contribution in [3.05, 3.63) is 17.7 Å². The van der Waals surface area contributed by atoms with Crippen LogP contribution < -0.4 is 0 Å². The summed E-state index contributed by atoms with van der Waals surface area (Å²) in [5, 5.41) is 0. The summed E-state index contributed by atoms with van der Waals surface area (Å²) in [6.45, 7) is 7.26. The van der Waals surface area contributed by atoms with Gasteiger partial charge in [-0.25, -0.2) is 4.98 Å². The molecule has 0 radical (unpaired) electrons. The maximum atomic E-state index is 11.2. The second kappa shape index (κ2) is 2.94. The highest BCUT2D eigenvalue weighted by Crippen LogP contribution is 2.24. The number of Topliss-reactive ketones (excluding diaryl/α,β-unsaturated/α-hetero) is 1. The van der Waals surface area contributed by atoms with Crippen LogP contribution in [-0.2, 0) is 23.2 Å². The van der Waals surface area contributed by atoms with Crippen molar-refractivity contribution < 1.29 is 4.79 Å². The van der Waals surface area contributed by atoms with Gasteiger partial charge in [-0.1, -0.05) is 20.8 Å². The van der Waals surface area contributed by atoms with Crippen molar-refractivity contribution >= 4 is 5.78 Å². The molecule has 0 saturated heterocycles. The van der Waals surface area contributed by atoms with E-state index in [9.17, 15) is 4.79 Å². The molecule has 2 rings (SSSR count). The van der Waals surface area contributed by atoms with Gasteiger partial charge < -0.3 is 4.57 Å². The second-order valence-electron chi connectivity index (χ2n) is 4.94. The van der Waals surface area contributed by atoms with Gasteiger partial charge in [0.25, 0.3) is 0 Å². The first-order valence-corrected chi connectivity index (χ1v) is 5.05. The summed E-state index contributed by atoms with van der Waals surface area (Å²) in [6, 6.07) is 0. The fraction of sp³-hybridized carbons (Fsp3) is 0.636. The Morgan fingerprint density at radius 1 is 1.43 bits per heavy atom. The quantitative estimate of drug-likeness (QED) is 0.627. The van der Waals surface area contributed by atoms with E-state index in [-0.39, 0.29) is 5.41 Å². The molecule has 0 atom stereocenters. The normalized spacial score (nSPS) is 16.9. The van der Waals surface area contributed by atoms with Gasteiger partial charge in [0.1, 0.15) is 11.6 Å². The zero-order valence-corrected chi connectivity index (χ0v) is 9.00. The van der Waals surface area contributed by atoms with Crippen molar-refractivity contribution in [3.8, 4) is 0 Å². The molecule has 0 aliphatic carbocycles. The van der Waals surface area contributed by atoms with Crippen LogP contribution in [0.15, 0.2) is 6.20 Å². The largest absolute Gasteiger partial charge is 0.331 e. The molecular formula is C11H16N2O. The molecule has 1 aliphatic rings. The molecule has 3 nitrogen and oxygen atoms in total. The van der Waals surface area contributed by atoms with Gasteiger partial charge >= 0.3 is 0 Å². The second-order valence-corrected chi connectivity index (χ2v) is 4.94. The summed E-state index contributed by atoms with van der Waals surface area (Å²) in [4.78, 5) is 15.7. The lowest BCUT2D eigenvalue weighted by Gasteiger charge is -2.23. The third kappa shape index (κ3) is 1.47. The Labute approximate surface area is 84.1 Å². The van der Waals surface area contributed by atoms with Crippen LogP contribution >= 0.6 is 0 Å². The average Bonchev–Trinajstić information content (AvgIpc) is 2.45. The van der Waals surface area contributed by atoms with Crippen molar-refractivity contribution in [1.29, 1.82) is 0 Å². The molecule has 0 unspecified atom stereocenters. The predicted molar refractivity (Wildman–Crippen MR) is 54.3 cm³/mol. The van der Waals surface area contributed by atoms with E-state index in [2.05, 4.69) is 30.3 Å². The molecule has 0 bridgehead atoms. The lowest BCUT2D eigenvalue weighted by molar-refractivity contribution is -0.119. The van der Waals surface area contributed by atoms with E-state index in [4.69, 9.17) is 0 Å². The molecule has 14 heavy (non-hydrogen) atoms. The highest BCUT2D eigenvalue weighted by molar-refractivity contribution is 5.81. The predicted octanol–water partition coefficient (Wildman–Crippen LogP) is 1.70. The molecule has 3 heteroatoms.